The molecule has 0 atom stereocenters. The first-order chi connectivity index (χ1) is 14.7. The van der Waals surface area contributed by atoms with E-state index in [-0.39, 0.29) is 17.7 Å². The van der Waals surface area contributed by atoms with Gasteiger partial charge in [-0.3, -0.25) is 9.59 Å². The van der Waals surface area contributed by atoms with Crippen LogP contribution in [0.3, 0.4) is 0 Å². The predicted molar refractivity (Wildman–Crippen MR) is 120 cm³/mol. The van der Waals surface area contributed by atoms with E-state index in [0.717, 1.165) is 49.5 Å². The minimum absolute atomic E-state index is 0.0124. The number of fused-ring (bicyclic) bond motifs is 1. The number of carbonyl (C=O) groups excluding carboxylic acids is 2. The Morgan fingerprint density at radius 3 is 2.10 bits per heavy atom. The third-order valence-corrected chi connectivity index (χ3v) is 6.38. The standard InChI is InChI=1S/C26H26N2O2/c29-25(20-10-11-20)27-24-17-22-9-5-4-8-21(22)16-23(24)26(30)28-14-12-19(13-15-28)18-6-2-1-3-7-18/h1-9,16-17,19-20H,10-15H2,(H,27,29). The Balaban J connectivity index is 1.39. The number of piperidine rings is 1. The van der Waals surface area contributed by atoms with Crippen molar-refractivity contribution in [1.29, 1.82) is 0 Å². The predicted octanol–water partition coefficient (Wildman–Crippen LogP) is 5.21. The van der Waals surface area contributed by atoms with E-state index in [0.29, 0.717) is 17.2 Å². The number of benzene rings is 3. The van der Waals surface area contributed by atoms with Gasteiger partial charge in [0.25, 0.3) is 5.91 Å². The Morgan fingerprint density at radius 1 is 0.800 bits per heavy atom. The van der Waals surface area contributed by atoms with E-state index in [9.17, 15) is 9.59 Å². The van der Waals surface area contributed by atoms with Crippen LogP contribution in [0, 0.1) is 5.92 Å². The smallest absolute Gasteiger partial charge is 0.255 e. The number of anilines is 1. The SMILES string of the molecule is O=C(Nc1cc2ccccc2cc1C(=O)N1CCC(c2ccccc2)CC1)C1CC1. The molecule has 30 heavy (non-hydrogen) atoms. The van der Waals surface area contributed by atoms with Crippen LogP contribution in [0.2, 0.25) is 0 Å². The monoisotopic (exact) mass is 398 g/mol. The summed E-state index contributed by atoms with van der Waals surface area (Å²) in [6.45, 7) is 1.47. The Labute approximate surface area is 176 Å². The van der Waals surface area contributed by atoms with E-state index in [2.05, 4.69) is 29.6 Å². The summed E-state index contributed by atoms with van der Waals surface area (Å²) in [5.41, 5.74) is 2.59. The lowest BCUT2D eigenvalue weighted by atomic mass is 9.89. The van der Waals surface area contributed by atoms with Crippen molar-refractivity contribution in [3.05, 3.63) is 77.9 Å². The van der Waals surface area contributed by atoms with Gasteiger partial charge in [0, 0.05) is 19.0 Å². The molecule has 0 aromatic heterocycles. The molecular formula is C26H26N2O2. The first-order valence-electron chi connectivity index (χ1n) is 10.9. The van der Waals surface area contributed by atoms with Crippen molar-refractivity contribution in [3.63, 3.8) is 0 Å². The van der Waals surface area contributed by atoms with Gasteiger partial charge in [-0.15, -0.1) is 0 Å². The van der Waals surface area contributed by atoms with Crippen molar-refractivity contribution in [3.8, 4) is 0 Å². The average molecular weight is 399 g/mol. The van der Waals surface area contributed by atoms with Crippen LogP contribution in [0.15, 0.2) is 66.7 Å². The summed E-state index contributed by atoms with van der Waals surface area (Å²) in [6, 6.07) is 22.4. The highest BCUT2D eigenvalue weighted by molar-refractivity contribution is 6.08. The zero-order chi connectivity index (χ0) is 20.5. The van der Waals surface area contributed by atoms with Gasteiger partial charge >= 0.3 is 0 Å². The maximum atomic E-state index is 13.4. The molecule has 0 radical (unpaired) electrons. The summed E-state index contributed by atoms with van der Waals surface area (Å²) in [4.78, 5) is 27.8. The van der Waals surface area contributed by atoms with Crippen LogP contribution < -0.4 is 5.32 Å². The molecule has 1 aliphatic heterocycles. The molecule has 0 unspecified atom stereocenters. The van der Waals surface area contributed by atoms with Gasteiger partial charge in [0.15, 0.2) is 0 Å². The number of likely N-dealkylation sites (tertiary alicyclic amines) is 1. The van der Waals surface area contributed by atoms with Crippen LogP contribution in [-0.4, -0.2) is 29.8 Å². The lowest BCUT2D eigenvalue weighted by molar-refractivity contribution is -0.117. The summed E-state index contributed by atoms with van der Waals surface area (Å²) in [5.74, 6) is 0.641. The molecule has 2 fully saturated rings. The third kappa shape index (κ3) is 3.82. The maximum Gasteiger partial charge on any atom is 0.255 e. The fourth-order valence-corrected chi connectivity index (χ4v) is 4.41. The van der Waals surface area contributed by atoms with Gasteiger partial charge in [-0.2, -0.15) is 0 Å². The molecular weight excluding hydrogens is 372 g/mol. The van der Waals surface area contributed by atoms with E-state index in [4.69, 9.17) is 0 Å². The summed E-state index contributed by atoms with van der Waals surface area (Å²) < 4.78 is 0. The zero-order valence-corrected chi connectivity index (χ0v) is 17.0. The van der Waals surface area contributed by atoms with Crippen LogP contribution in [0.4, 0.5) is 5.69 Å². The van der Waals surface area contributed by atoms with Crippen molar-refractivity contribution in [1.82, 2.24) is 4.90 Å². The molecule has 5 rings (SSSR count). The van der Waals surface area contributed by atoms with Crippen LogP contribution >= 0.6 is 0 Å². The molecule has 152 valence electrons. The first-order valence-corrected chi connectivity index (χ1v) is 10.9. The van der Waals surface area contributed by atoms with E-state index in [1.54, 1.807) is 0 Å². The summed E-state index contributed by atoms with van der Waals surface area (Å²) in [6.07, 6.45) is 3.81. The molecule has 3 aromatic rings. The van der Waals surface area contributed by atoms with Crippen LogP contribution in [0.5, 0.6) is 0 Å². The van der Waals surface area contributed by atoms with Gasteiger partial charge < -0.3 is 10.2 Å². The van der Waals surface area contributed by atoms with Crippen LogP contribution in [-0.2, 0) is 4.79 Å². The topological polar surface area (TPSA) is 49.4 Å². The molecule has 1 saturated heterocycles. The van der Waals surface area contributed by atoms with Gasteiger partial charge in [0.1, 0.15) is 0 Å². The van der Waals surface area contributed by atoms with Crippen molar-refractivity contribution < 1.29 is 9.59 Å². The molecule has 4 nitrogen and oxygen atoms in total. The van der Waals surface area contributed by atoms with Gasteiger partial charge in [-0.05, 0) is 60.1 Å². The van der Waals surface area contributed by atoms with E-state index in [1.807, 2.05) is 47.4 Å². The van der Waals surface area contributed by atoms with Gasteiger partial charge in [0.2, 0.25) is 5.91 Å². The number of rotatable bonds is 4. The van der Waals surface area contributed by atoms with Gasteiger partial charge in [-0.25, -0.2) is 0 Å². The second-order valence-electron chi connectivity index (χ2n) is 8.49. The highest BCUT2D eigenvalue weighted by Crippen LogP contribution is 2.33. The highest BCUT2D eigenvalue weighted by Gasteiger charge is 2.31. The number of hydrogen-bond donors (Lipinski definition) is 1. The third-order valence-electron chi connectivity index (χ3n) is 6.38. The fourth-order valence-electron chi connectivity index (χ4n) is 4.41. The fraction of sp³-hybridized carbons (Fsp3) is 0.308. The summed E-state index contributed by atoms with van der Waals surface area (Å²) in [5, 5.41) is 5.08. The quantitative estimate of drug-likeness (QED) is 0.656. The second-order valence-corrected chi connectivity index (χ2v) is 8.49. The number of nitrogens with zero attached hydrogens (tertiary/aromatic N) is 1. The van der Waals surface area contributed by atoms with Gasteiger partial charge in [0.05, 0.1) is 11.3 Å². The van der Waals surface area contributed by atoms with Crippen molar-refractivity contribution in [2.24, 2.45) is 5.92 Å². The molecule has 0 bridgehead atoms. The molecule has 2 amide bonds. The molecule has 4 heteroatoms. The van der Waals surface area contributed by atoms with E-state index in [1.165, 1.54) is 5.56 Å². The largest absolute Gasteiger partial charge is 0.339 e. The highest BCUT2D eigenvalue weighted by atomic mass is 16.2. The van der Waals surface area contributed by atoms with Crippen molar-refractivity contribution in [2.45, 2.75) is 31.6 Å². The first kappa shape index (κ1) is 18.9. The molecule has 0 spiro atoms. The maximum absolute atomic E-state index is 13.4. The normalized spacial score (nSPS) is 17.1. The Kier molecular flexibility index (Phi) is 4.99. The lowest BCUT2D eigenvalue weighted by Crippen LogP contribution is -2.38. The number of amides is 2. The number of nitrogens with one attached hydrogen (secondary N) is 1. The summed E-state index contributed by atoms with van der Waals surface area (Å²) in [7, 11) is 0. The molecule has 1 N–H and O–H groups in total. The lowest BCUT2D eigenvalue weighted by Gasteiger charge is -2.32. The van der Waals surface area contributed by atoms with Crippen LogP contribution in [0.25, 0.3) is 10.8 Å². The number of carbonyl (C=O) groups is 2. The van der Waals surface area contributed by atoms with Crippen molar-refractivity contribution in [2.75, 3.05) is 18.4 Å². The van der Waals surface area contributed by atoms with Crippen molar-refractivity contribution >= 4 is 28.3 Å². The zero-order valence-electron chi connectivity index (χ0n) is 17.0. The average Bonchev–Trinajstić information content (AvgIpc) is 3.65. The Morgan fingerprint density at radius 2 is 1.43 bits per heavy atom. The Hall–Kier alpha value is -3.14. The molecule has 3 aromatic carbocycles. The second kappa shape index (κ2) is 7.94. The molecule has 1 saturated carbocycles. The number of hydrogen-bond acceptors (Lipinski definition) is 2. The minimum Gasteiger partial charge on any atom is -0.339 e. The van der Waals surface area contributed by atoms with Gasteiger partial charge in [-0.1, -0.05) is 54.6 Å². The Bertz CT molecular complexity index is 1080. The minimum atomic E-state index is 0.0124. The van der Waals surface area contributed by atoms with Crippen LogP contribution in [0.1, 0.15) is 47.5 Å². The van der Waals surface area contributed by atoms with E-state index < -0.39 is 0 Å². The molecule has 2 aliphatic rings. The molecule has 1 aliphatic carbocycles. The summed E-state index contributed by atoms with van der Waals surface area (Å²) >= 11 is 0. The molecule has 1 heterocycles. The van der Waals surface area contributed by atoms with E-state index >= 15 is 0 Å².